The van der Waals surface area contributed by atoms with Gasteiger partial charge in [-0.3, -0.25) is 0 Å². The second-order valence-corrected chi connectivity index (χ2v) is 8.26. The van der Waals surface area contributed by atoms with Crippen LogP contribution in [0.5, 0.6) is 5.75 Å². The number of benzene rings is 2. The highest BCUT2D eigenvalue weighted by atomic mass is 16.5. The summed E-state index contributed by atoms with van der Waals surface area (Å²) < 4.78 is 7.42. The summed E-state index contributed by atoms with van der Waals surface area (Å²) in [5, 5.41) is 12.8. The minimum atomic E-state index is -1.14. The molecule has 3 aromatic rings. The predicted molar refractivity (Wildman–Crippen MR) is 114 cm³/mol. The van der Waals surface area contributed by atoms with Crippen molar-refractivity contribution in [2.75, 3.05) is 13.1 Å². The van der Waals surface area contributed by atoms with Gasteiger partial charge in [-0.05, 0) is 54.0 Å². The van der Waals surface area contributed by atoms with Crippen LogP contribution in [-0.4, -0.2) is 51.0 Å². The maximum absolute atomic E-state index is 12.7. The van der Waals surface area contributed by atoms with E-state index in [9.17, 15) is 9.59 Å². The Hall–Kier alpha value is -3.61. The highest BCUT2D eigenvalue weighted by Crippen LogP contribution is 2.40. The van der Waals surface area contributed by atoms with Crippen molar-refractivity contribution in [3.63, 3.8) is 0 Å². The molecule has 2 aliphatic rings. The Kier molecular flexibility index (Phi) is 4.94. The monoisotopic (exact) mass is 417 g/mol. The lowest BCUT2D eigenvalue weighted by molar-refractivity contribution is 0.0690. The topological polar surface area (TPSA) is 84.7 Å². The first kappa shape index (κ1) is 19.4. The molecule has 2 atom stereocenters. The Balaban J connectivity index is 1.20. The molecule has 1 aromatic heterocycles. The molecule has 158 valence electrons. The molecule has 2 heterocycles. The van der Waals surface area contributed by atoms with Crippen molar-refractivity contribution in [1.29, 1.82) is 0 Å². The lowest BCUT2D eigenvalue weighted by atomic mass is 10.0. The first-order valence-corrected chi connectivity index (χ1v) is 10.5. The number of nitrogens with zero attached hydrogens (tertiary/aromatic N) is 3. The van der Waals surface area contributed by atoms with Gasteiger partial charge in [-0.1, -0.05) is 42.5 Å². The third-order valence-electron chi connectivity index (χ3n) is 6.23. The number of ether oxygens (including phenoxy) is 1. The number of likely N-dealkylation sites (tertiary alicyclic amines) is 1. The van der Waals surface area contributed by atoms with Gasteiger partial charge in [-0.15, -0.1) is 0 Å². The van der Waals surface area contributed by atoms with E-state index >= 15 is 0 Å². The third-order valence-corrected chi connectivity index (χ3v) is 6.23. The maximum atomic E-state index is 12.7. The van der Waals surface area contributed by atoms with Gasteiger partial charge < -0.3 is 14.7 Å². The van der Waals surface area contributed by atoms with E-state index in [4.69, 9.17) is 9.84 Å². The van der Waals surface area contributed by atoms with Crippen molar-refractivity contribution >= 4 is 12.0 Å². The van der Waals surface area contributed by atoms with Gasteiger partial charge in [0.15, 0.2) is 5.69 Å². The van der Waals surface area contributed by atoms with Crippen molar-refractivity contribution in [1.82, 2.24) is 14.7 Å². The number of fused-ring (bicyclic) bond motifs is 1. The summed E-state index contributed by atoms with van der Waals surface area (Å²) >= 11 is 0. The second-order valence-electron chi connectivity index (χ2n) is 8.26. The van der Waals surface area contributed by atoms with Gasteiger partial charge in [0.2, 0.25) is 0 Å². The normalized spacial score (nSPS) is 22.3. The van der Waals surface area contributed by atoms with Gasteiger partial charge in [0.1, 0.15) is 5.75 Å². The first-order valence-electron chi connectivity index (χ1n) is 10.5. The van der Waals surface area contributed by atoms with E-state index in [0.29, 0.717) is 24.9 Å². The first-order chi connectivity index (χ1) is 15.1. The van der Waals surface area contributed by atoms with Crippen LogP contribution in [0.1, 0.15) is 23.3 Å². The van der Waals surface area contributed by atoms with Gasteiger partial charge in [-0.2, -0.15) is 9.78 Å². The smallest absolute Gasteiger partial charge is 0.356 e. The SMILES string of the molecule is O=C(O)c1ccn(C(=O)N2CC3CC(Oc4cccc(-c5ccccc5)c4)CC3C2)n1. The zero-order valence-electron chi connectivity index (χ0n) is 16.9. The quantitative estimate of drug-likeness (QED) is 0.693. The van der Waals surface area contributed by atoms with Gasteiger partial charge in [0.25, 0.3) is 0 Å². The Bertz CT molecular complexity index is 1100. The molecule has 2 fully saturated rings. The molecule has 1 aliphatic carbocycles. The summed E-state index contributed by atoms with van der Waals surface area (Å²) in [6, 6.07) is 19.5. The Labute approximate surface area is 179 Å². The van der Waals surface area contributed by atoms with Crippen LogP contribution in [0.25, 0.3) is 11.1 Å². The molecule has 7 heteroatoms. The van der Waals surface area contributed by atoms with Crippen molar-refractivity contribution in [2.45, 2.75) is 18.9 Å². The minimum Gasteiger partial charge on any atom is -0.490 e. The molecule has 1 N–H and O–H groups in total. The van der Waals surface area contributed by atoms with Crippen LogP contribution in [0.4, 0.5) is 4.79 Å². The summed E-state index contributed by atoms with van der Waals surface area (Å²) in [6.07, 6.45) is 3.36. The molecule has 5 rings (SSSR count). The Morgan fingerprint density at radius 2 is 1.65 bits per heavy atom. The second kappa shape index (κ2) is 7.91. The fourth-order valence-electron chi connectivity index (χ4n) is 4.76. The van der Waals surface area contributed by atoms with Crippen LogP contribution in [0.3, 0.4) is 0 Å². The zero-order chi connectivity index (χ0) is 21.4. The molecule has 1 saturated heterocycles. The van der Waals surface area contributed by atoms with E-state index < -0.39 is 5.97 Å². The summed E-state index contributed by atoms with van der Waals surface area (Å²) in [5.74, 6) is 0.514. The van der Waals surface area contributed by atoms with Crippen molar-refractivity contribution < 1.29 is 19.4 Å². The van der Waals surface area contributed by atoms with Gasteiger partial charge >= 0.3 is 12.0 Å². The number of aromatic nitrogens is 2. The van der Waals surface area contributed by atoms with Crippen LogP contribution < -0.4 is 4.74 Å². The van der Waals surface area contributed by atoms with Gasteiger partial charge in [-0.25, -0.2) is 9.59 Å². The molecule has 31 heavy (non-hydrogen) atoms. The molecule has 0 radical (unpaired) electrons. The molecular weight excluding hydrogens is 394 g/mol. The molecule has 1 amide bonds. The number of aromatic carboxylic acids is 1. The summed E-state index contributed by atoms with van der Waals surface area (Å²) in [4.78, 5) is 25.4. The lowest BCUT2D eigenvalue weighted by Crippen LogP contribution is -2.34. The van der Waals surface area contributed by atoms with Crippen LogP contribution >= 0.6 is 0 Å². The maximum Gasteiger partial charge on any atom is 0.356 e. The Morgan fingerprint density at radius 1 is 0.935 bits per heavy atom. The molecule has 2 unspecified atom stereocenters. The molecule has 0 spiro atoms. The summed E-state index contributed by atoms with van der Waals surface area (Å²) in [7, 11) is 0. The fraction of sp³-hybridized carbons (Fsp3) is 0.292. The number of carbonyl (C=O) groups is 2. The van der Waals surface area contributed by atoms with Crippen LogP contribution in [0.15, 0.2) is 66.9 Å². The van der Waals surface area contributed by atoms with Crippen LogP contribution in [0, 0.1) is 11.8 Å². The predicted octanol–water partition coefficient (Wildman–Crippen LogP) is 4.01. The van der Waals surface area contributed by atoms with E-state index in [1.807, 2.05) is 30.3 Å². The average Bonchev–Trinajstić information content (AvgIpc) is 3.49. The van der Waals surface area contributed by atoms with Crippen molar-refractivity contribution in [3.8, 4) is 16.9 Å². The number of carbonyl (C=O) groups excluding carboxylic acids is 1. The minimum absolute atomic E-state index is 0.126. The molecule has 0 bridgehead atoms. The van der Waals surface area contributed by atoms with E-state index in [1.54, 1.807) is 4.90 Å². The fourth-order valence-corrected chi connectivity index (χ4v) is 4.76. The molecule has 1 saturated carbocycles. The van der Waals surface area contributed by atoms with E-state index in [2.05, 4.69) is 29.4 Å². The third kappa shape index (κ3) is 3.91. The van der Waals surface area contributed by atoms with Gasteiger partial charge in [0.05, 0.1) is 6.10 Å². The highest BCUT2D eigenvalue weighted by Gasteiger charge is 2.43. The number of hydrogen-bond donors (Lipinski definition) is 1. The lowest BCUT2D eigenvalue weighted by Gasteiger charge is -2.20. The highest BCUT2D eigenvalue weighted by molar-refractivity contribution is 5.86. The summed E-state index contributed by atoms with van der Waals surface area (Å²) in [6.45, 7) is 1.30. The molecule has 2 aromatic carbocycles. The largest absolute Gasteiger partial charge is 0.490 e. The number of carboxylic acids is 1. The number of amides is 1. The van der Waals surface area contributed by atoms with E-state index in [1.165, 1.54) is 12.3 Å². The zero-order valence-corrected chi connectivity index (χ0v) is 16.9. The Morgan fingerprint density at radius 3 is 2.32 bits per heavy atom. The molecule has 1 aliphatic heterocycles. The van der Waals surface area contributed by atoms with Crippen LogP contribution in [-0.2, 0) is 0 Å². The standard InChI is InChI=1S/C24H23N3O4/c28-23(29)22-9-10-27(25-22)24(30)26-14-18-12-21(13-19(18)15-26)31-20-8-4-7-17(11-20)16-5-2-1-3-6-16/h1-11,18-19,21H,12-15H2,(H,28,29). The van der Waals surface area contributed by atoms with Crippen LogP contribution in [0.2, 0.25) is 0 Å². The van der Waals surface area contributed by atoms with E-state index in [-0.39, 0.29) is 17.8 Å². The van der Waals surface area contributed by atoms with Crippen molar-refractivity contribution in [2.24, 2.45) is 11.8 Å². The number of carboxylic acid groups (broad SMARTS) is 1. The van der Waals surface area contributed by atoms with Crippen molar-refractivity contribution in [3.05, 3.63) is 72.6 Å². The van der Waals surface area contributed by atoms with Gasteiger partial charge in [0, 0.05) is 19.3 Å². The average molecular weight is 417 g/mol. The molecule has 7 nitrogen and oxygen atoms in total. The number of rotatable bonds is 4. The molecular formula is C24H23N3O4. The summed E-state index contributed by atoms with van der Waals surface area (Å²) in [5.41, 5.74) is 2.17. The van der Waals surface area contributed by atoms with E-state index in [0.717, 1.165) is 34.4 Å². The number of hydrogen-bond acceptors (Lipinski definition) is 4.